The number of carbonyl (C=O) groups is 1. The Morgan fingerprint density at radius 1 is 1.11 bits per heavy atom. The number of amides is 1. The van der Waals surface area contributed by atoms with Gasteiger partial charge in [-0.25, -0.2) is 4.39 Å². The Hall–Kier alpha value is -4.23. The van der Waals surface area contributed by atoms with Gasteiger partial charge in [-0.1, -0.05) is 50.8 Å². The molecule has 3 aliphatic rings. The van der Waals surface area contributed by atoms with E-state index in [2.05, 4.69) is 84.6 Å². The smallest absolute Gasteiger partial charge is 0.318 e. The number of anilines is 2. The van der Waals surface area contributed by atoms with E-state index in [1.54, 1.807) is 0 Å². The molecule has 10 heteroatoms. The van der Waals surface area contributed by atoms with Crippen LogP contribution < -0.4 is 14.5 Å². The summed E-state index contributed by atoms with van der Waals surface area (Å²) in [7, 11) is 2.12. The Labute approximate surface area is 264 Å². The molecule has 1 aromatic heterocycles. The molecule has 4 heterocycles. The van der Waals surface area contributed by atoms with E-state index in [-0.39, 0.29) is 13.0 Å². The van der Waals surface area contributed by atoms with Crippen LogP contribution in [0, 0.1) is 11.3 Å². The molecule has 0 bridgehead atoms. The second-order valence-electron chi connectivity index (χ2n) is 12.8. The number of ether oxygens (including phenoxy) is 1. The van der Waals surface area contributed by atoms with Crippen LogP contribution in [-0.2, 0) is 17.8 Å². The first-order valence-corrected chi connectivity index (χ1v) is 16.0. The number of carbonyl (C=O) groups excluding carboxylic acids is 1. The molecule has 236 valence electrons. The molecule has 45 heavy (non-hydrogen) atoms. The minimum atomic E-state index is -1.01. The normalized spacial score (nSPS) is 20.4. The van der Waals surface area contributed by atoms with Crippen molar-refractivity contribution in [2.24, 2.45) is 0 Å². The Kier molecular flexibility index (Phi) is 8.90. The Bertz CT molecular complexity index is 1630. The predicted molar refractivity (Wildman–Crippen MR) is 174 cm³/mol. The van der Waals surface area contributed by atoms with E-state index in [1.807, 2.05) is 0 Å². The van der Waals surface area contributed by atoms with E-state index < -0.39 is 17.8 Å². The topological polar surface area (TPSA) is 88.8 Å². The van der Waals surface area contributed by atoms with Gasteiger partial charge in [-0.3, -0.25) is 4.79 Å². The minimum absolute atomic E-state index is 0.0905. The van der Waals surface area contributed by atoms with Crippen molar-refractivity contribution in [3.63, 3.8) is 0 Å². The lowest BCUT2D eigenvalue weighted by molar-refractivity contribution is -0.131. The summed E-state index contributed by atoms with van der Waals surface area (Å²) in [5.41, 5.74) is 4.51. The van der Waals surface area contributed by atoms with Crippen molar-refractivity contribution < 1.29 is 13.9 Å². The molecule has 2 saturated heterocycles. The van der Waals surface area contributed by atoms with Crippen LogP contribution in [0.5, 0.6) is 6.01 Å². The van der Waals surface area contributed by atoms with Crippen molar-refractivity contribution in [1.29, 1.82) is 5.26 Å². The summed E-state index contributed by atoms with van der Waals surface area (Å²) in [5.74, 6) is -0.594. The maximum atomic E-state index is 13.8. The molecule has 6 rings (SSSR count). The summed E-state index contributed by atoms with van der Waals surface area (Å²) in [6, 6.07) is 15.4. The average molecular weight is 612 g/mol. The number of fused-ring (bicyclic) bond motifs is 2. The number of piperazine rings is 1. The van der Waals surface area contributed by atoms with Crippen LogP contribution in [-0.4, -0.2) is 84.1 Å². The lowest BCUT2D eigenvalue weighted by atomic mass is 9.93. The number of aromatic nitrogens is 2. The fourth-order valence-corrected chi connectivity index (χ4v) is 7.13. The maximum Gasteiger partial charge on any atom is 0.318 e. The number of hydrogen-bond acceptors (Lipinski definition) is 8. The Balaban J connectivity index is 1.35. The fourth-order valence-electron chi connectivity index (χ4n) is 7.13. The highest BCUT2D eigenvalue weighted by Gasteiger charge is 2.35. The molecule has 3 aliphatic heterocycles. The summed E-state index contributed by atoms with van der Waals surface area (Å²) in [4.78, 5) is 30.8. The van der Waals surface area contributed by atoms with Crippen LogP contribution >= 0.6 is 0 Å². The van der Waals surface area contributed by atoms with Gasteiger partial charge in [0.05, 0.1) is 30.8 Å². The van der Waals surface area contributed by atoms with Gasteiger partial charge in [0, 0.05) is 48.9 Å². The number of hydrogen-bond donors (Lipinski definition) is 0. The molecule has 0 radical (unpaired) electrons. The van der Waals surface area contributed by atoms with E-state index in [9.17, 15) is 14.4 Å². The van der Waals surface area contributed by atoms with Crippen LogP contribution in [0.25, 0.3) is 10.8 Å². The van der Waals surface area contributed by atoms with E-state index >= 15 is 0 Å². The van der Waals surface area contributed by atoms with Gasteiger partial charge in [-0.2, -0.15) is 15.2 Å². The highest BCUT2D eigenvalue weighted by molar-refractivity contribution is 5.97. The maximum absolute atomic E-state index is 13.8. The number of nitrogens with zero attached hydrogens (tertiary/aromatic N) is 7. The summed E-state index contributed by atoms with van der Waals surface area (Å²) < 4.78 is 20.1. The van der Waals surface area contributed by atoms with Crippen molar-refractivity contribution in [1.82, 2.24) is 19.8 Å². The van der Waals surface area contributed by atoms with Gasteiger partial charge < -0.3 is 24.3 Å². The molecule has 2 fully saturated rings. The molecule has 0 unspecified atom stereocenters. The van der Waals surface area contributed by atoms with E-state index in [0.29, 0.717) is 44.2 Å². The van der Waals surface area contributed by atoms with E-state index in [1.165, 1.54) is 26.9 Å². The van der Waals surface area contributed by atoms with Gasteiger partial charge in [-0.15, -0.1) is 0 Å². The van der Waals surface area contributed by atoms with Gasteiger partial charge in [0.2, 0.25) is 0 Å². The second kappa shape index (κ2) is 13.0. The van der Waals surface area contributed by atoms with Crippen molar-refractivity contribution in [3.05, 3.63) is 65.6 Å². The Morgan fingerprint density at radius 3 is 2.62 bits per heavy atom. The summed E-state index contributed by atoms with van der Waals surface area (Å²) in [5, 5.41) is 12.0. The van der Waals surface area contributed by atoms with Crippen molar-refractivity contribution >= 4 is 28.2 Å². The first-order chi connectivity index (χ1) is 21.7. The third-order valence-corrected chi connectivity index (χ3v) is 9.58. The third-order valence-electron chi connectivity index (χ3n) is 9.58. The van der Waals surface area contributed by atoms with Gasteiger partial charge in [0.25, 0.3) is 5.91 Å². The first kappa shape index (κ1) is 30.8. The number of likely N-dealkylation sites (N-methyl/N-ethyl adjacent to an activating group) is 1. The van der Waals surface area contributed by atoms with Crippen molar-refractivity contribution in [3.8, 4) is 12.1 Å². The van der Waals surface area contributed by atoms with Crippen LogP contribution in [0.2, 0.25) is 0 Å². The summed E-state index contributed by atoms with van der Waals surface area (Å²) in [6.45, 7) is 11.7. The lowest BCUT2D eigenvalue weighted by Gasteiger charge is -2.42. The quantitative estimate of drug-likeness (QED) is 0.321. The SMILES string of the molecule is C=C(F)C(=O)N1CCN(c2nc(OC[C@@H]3CCCN3C)nc3c2CCN(c2cccc4cccc(C(C)C)c24)C3)C[C@@H]1CC#N. The van der Waals surface area contributed by atoms with Crippen LogP contribution in [0.1, 0.15) is 55.8 Å². The molecule has 0 saturated carbocycles. The lowest BCUT2D eigenvalue weighted by Crippen LogP contribution is -2.55. The van der Waals surface area contributed by atoms with E-state index in [0.717, 1.165) is 49.4 Å². The molecular formula is C35H42FN7O2. The molecule has 3 aromatic rings. The van der Waals surface area contributed by atoms with Gasteiger partial charge in [0.1, 0.15) is 12.4 Å². The molecule has 2 atom stereocenters. The van der Waals surface area contributed by atoms with Crippen LogP contribution in [0.4, 0.5) is 15.9 Å². The Morgan fingerprint density at radius 2 is 1.91 bits per heavy atom. The van der Waals surface area contributed by atoms with Gasteiger partial charge in [0.15, 0.2) is 5.83 Å². The largest absolute Gasteiger partial charge is 0.462 e. The molecule has 0 N–H and O–H groups in total. The number of likely N-dealkylation sites (tertiary alicyclic amines) is 1. The monoisotopic (exact) mass is 611 g/mol. The van der Waals surface area contributed by atoms with E-state index in [4.69, 9.17) is 14.7 Å². The molecule has 1 amide bonds. The molecule has 2 aromatic carbocycles. The third kappa shape index (κ3) is 6.19. The van der Waals surface area contributed by atoms with Gasteiger partial charge >= 0.3 is 6.01 Å². The molecule has 9 nitrogen and oxygen atoms in total. The molecule has 0 spiro atoms. The standard InChI is InChI=1S/C35H42FN7O2/c1-23(2)28-11-5-8-25-9-6-12-31(32(25)28)41-17-14-29-30(21-41)38-35(45-22-27-10-7-16-40(27)4)39-33(29)42-18-19-43(34(44)24(3)36)26(20-42)13-15-37/h5-6,8-9,11-12,23,26-27H,3,7,10,13-14,16-22H2,1-2,4H3/t26-,27-/m0/s1. The van der Waals surface area contributed by atoms with Crippen molar-refractivity contribution in [2.75, 3.05) is 56.2 Å². The number of halogens is 1. The zero-order valence-corrected chi connectivity index (χ0v) is 26.5. The number of nitriles is 1. The van der Waals surface area contributed by atoms with Gasteiger partial charge in [-0.05, 0) is 55.8 Å². The zero-order valence-electron chi connectivity index (χ0n) is 26.5. The highest BCUT2D eigenvalue weighted by atomic mass is 19.1. The van der Waals surface area contributed by atoms with Crippen LogP contribution in [0.3, 0.4) is 0 Å². The molecular weight excluding hydrogens is 569 g/mol. The highest BCUT2D eigenvalue weighted by Crippen LogP contribution is 2.38. The summed E-state index contributed by atoms with van der Waals surface area (Å²) in [6.07, 6.45) is 3.05. The predicted octanol–water partition coefficient (Wildman–Crippen LogP) is 5.20. The zero-order chi connectivity index (χ0) is 31.7. The first-order valence-electron chi connectivity index (χ1n) is 16.0. The summed E-state index contributed by atoms with van der Waals surface area (Å²) >= 11 is 0. The van der Waals surface area contributed by atoms with Crippen molar-refractivity contribution in [2.45, 2.75) is 64.1 Å². The molecule has 0 aliphatic carbocycles. The number of rotatable bonds is 8. The second-order valence-corrected chi connectivity index (χ2v) is 12.8. The average Bonchev–Trinajstić information content (AvgIpc) is 3.46. The minimum Gasteiger partial charge on any atom is -0.462 e. The number of benzene rings is 2. The van der Waals surface area contributed by atoms with Crippen LogP contribution in [0.15, 0.2) is 48.8 Å². The fraction of sp³-hybridized carbons (Fsp3) is 0.486.